The van der Waals surface area contributed by atoms with Crippen molar-refractivity contribution in [3.05, 3.63) is 79.3 Å². The number of nitro benzene ring substituents is 1. The molecule has 1 aliphatic heterocycles. The van der Waals surface area contributed by atoms with Crippen molar-refractivity contribution in [3.8, 4) is 0 Å². The van der Waals surface area contributed by atoms with Gasteiger partial charge < -0.3 is 5.32 Å². The fourth-order valence-electron chi connectivity index (χ4n) is 4.00. The first-order valence-corrected chi connectivity index (χ1v) is 8.89. The Kier molecular flexibility index (Phi) is 3.97. The minimum absolute atomic E-state index is 0.0272. The molecule has 0 saturated heterocycles. The summed E-state index contributed by atoms with van der Waals surface area (Å²) in [5.41, 5.74) is 4.09. The molecule has 1 heterocycles. The second-order valence-electron chi connectivity index (χ2n) is 6.60. The molecule has 4 nitrogen and oxygen atoms in total. The predicted octanol–water partition coefficient (Wildman–Crippen LogP) is 6.04. The molecule has 128 valence electrons. The van der Waals surface area contributed by atoms with Crippen LogP contribution in [0.3, 0.4) is 0 Å². The molecule has 4 rings (SSSR count). The Labute approximate surface area is 155 Å². The first-order chi connectivity index (χ1) is 12.0. The van der Waals surface area contributed by atoms with Crippen LogP contribution in [0, 0.1) is 23.0 Å². The van der Waals surface area contributed by atoms with Gasteiger partial charge in [-0.1, -0.05) is 47.5 Å². The Morgan fingerprint density at radius 1 is 1.20 bits per heavy atom. The number of halogens is 2. The third kappa shape index (κ3) is 2.60. The minimum atomic E-state index is -0.435. The molecule has 25 heavy (non-hydrogen) atoms. The van der Waals surface area contributed by atoms with E-state index in [9.17, 15) is 10.1 Å². The standard InChI is InChI=1S/C19H16Cl2N2O2/c1-10-5-7-15(21)17-12-3-2-4-13(12)19(22-18(10)17)11-6-8-14(20)16(9-11)23(24)25/h2-3,5-9,12-13,19,22H,4H2,1H3/t12-,13-,19+/m0/s1. The van der Waals surface area contributed by atoms with E-state index >= 15 is 0 Å². The second kappa shape index (κ2) is 6.04. The van der Waals surface area contributed by atoms with Gasteiger partial charge in [-0.2, -0.15) is 0 Å². The molecule has 1 aliphatic carbocycles. The summed E-state index contributed by atoms with van der Waals surface area (Å²) in [5, 5.41) is 15.8. The topological polar surface area (TPSA) is 55.2 Å². The third-order valence-corrected chi connectivity index (χ3v) is 5.85. The van der Waals surface area contributed by atoms with Gasteiger partial charge in [-0.05, 0) is 42.5 Å². The molecule has 0 radical (unpaired) electrons. The van der Waals surface area contributed by atoms with Crippen LogP contribution in [-0.2, 0) is 0 Å². The molecule has 0 unspecified atom stereocenters. The largest absolute Gasteiger partial charge is 0.377 e. The Hall–Kier alpha value is -2.04. The van der Waals surface area contributed by atoms with E-state index in [1.54, 1.807) is 12.1 Å². The summed E-state index contributed by atoms with van der Waals surface area (Å²) in [6, 6.07) is 8.96. The first-order valence-electron chi connectivity index (χ1n) is 8.13. The maximum atomic E-state index is 11.3. The Morgan fingerprint density at radius 2 is 1.96 bits per heavy atom. The van der Waals surface area contributed by atoms with Gasteiger partial charge in [0.05, 0.1) is 11.0 Å². The monoisotopic (exact) mass is 374 g/mol. The molecule has 0 fully saturated rings. The van der Waals surface area contributed by atoms with Crippen molar-refractivity contribution in [2.24, 2.45) is 5.92 Å². The summed E-state index contributed by atoms with van der Waals surface area (Å²) in [4.78, 5) is 10.8. The molecule has 3 atom stereocenters. The van der Waals surface area contributed by atoms with Crippen LogP contribution in [0.5, 0.6) is 0 Å². The molecular formula is C19H16Cl2N2O2. The molecule has 0 amide bonds. The summed E-state index contributed by atoms with van der Waals surface area (Å²) in [6.45, 7) is 2.04. The fraction of sp³-hybridized carbons (Fsp3) is 0.263. The van der Waals surface area contributed by atoms with Crippen molar-refractivity contribution < 1.29 is 4.92 Å². The Morgan fingerprint density at radius 3 is 2.72 bits per heavy atom. The van der Waals surface area contributed by atoms with Crippen LogP contribution in [0.25, 0.3) is 0 Å². The van der Waals surface area contributed by atoms with E-state index in [2.05, 4.69) is 17.5 Å². The lowest BCUT2D eigenvalue weighted by molar-refractivity contribution is -0.384. The molecule has 0 aromatic heterocycles. The van der Waals surface area contributed by atoms with E-state index in [0.717, 1.165) is 33.8 Å². The molecule has 2 aromatic carbocycles. The normalized spacial score (nSPS) is 23.7. The van der Waals surface area contributed by atoms with Crippen molar-refractivity contribution >= 4 is 34.6 Å². The predicted molar refractivity (Wildman–Crippen MR) is 101 cm³/mol. The highest BCUT2D eigenvalue weighted by molar-refractivity contribution is 6.32. The number of nitro groups is 1. The minimum Gasteiger partial charge on any atom is -0.377 e. The van der Waals surface area contributed by atoms with Gasteiger partial charge in [0, 0.05) is 28.3 Å². The maximum absolute atomic E-state index is 11.3. The van der Waals surface area contributed by atoms with Crippen LogP contribution in [0.1, 0.15) is 35.1 Å². The van der Waals surface area contributed by atoms with Gasteiger partial charge in [0.1, 0.15) is 5.02 Å². The number of nitrogens with zero attached hydrogens (tertiary/aromatic N) is 1. The molecule has 2 aromatic rings. The SMILES string of the molecule is Cc1ccc(Cl)c2c1N[C@H](c1ccc(Cl)c([N+](=O)[O-])c1)[C@H]1CC=C[C@H]21. The average molecular weight is 375 g/mol. The van der Waals surface area contributed by atoms with Crippen LogP contribution in [0.4, 0.5) is 11.4 Å². The molecule has 1 N–H and O–H groups in total. The lowest BCUT2D eigenvalue weighted by atomic mass is 9.76. The van der Waals surface area contributed by atoms with E-state index in [0.29, 0.717) is 0 Å². The molecule has 2 aliphatic rings. The highest BCUT2D eigenvalue weighted by atomic mass is 35.5. The van der Waals surface area contributed by atoms with Gasteiger partial charge in [-0.3, -0.25) is 10.1 Å². The van der Waals surface area contributed by atoms with Crippen LogP contribution in [0.2, 0.25) is 10.0 Å². The zero-order chi connectivity index (χ0) is 17.7. The molecule has 6 heteroatoms. The number of hydrogen-bond acceptors (Lipinski definition) is 3. The van der Waals surface area contributed by atoms with Crippen molar-refractivity contribution in [1.82, 2.24) is 0 Å². The van der Waals surface area contributed by atoms with Crippen molar-refractivity contribution in [3.63, 3.8) is 0 Å². The zero-order valence-electron chi connectivity index (χ0n) is 13.5. The van der Waals surface area contributed by atoms with Gasteiger partial charge in [0.15, 0.2) is 0 Å². The lowest BCUT2D eigenvalue weighted by Crippen LogP contribution is -2.29. The number of fused-ring (bicyclic) bond motifs is 3. The Balaban J connectivity index is 1.84. The summed E-state index contributed by atoms with van der Waals surface area (Å²) in [6.07, 6.45) is 5.28. The number of allylic oxidation sites excluding steroid dienone is 2. The lowest BCUT2D eigenvalue weighted by Gasteiger charge is -2.38. The molecule has 0 bridgehead atoms. The van der Waals surface area contributed by atoms with Gasteiger partial charge in [-0.25, -0.2) is 0 Å². The summed E-state index contributed by atoms with van der Waals surface area (Å²) in [5.74, 6) is 0.482. The first kappa shape index (κ1) is 16.4. The van der Waals surface area contributed by atoms with E-state index in [1.807, 2.05) is 25.1 Å². The van der Waals surface area contributed by atoms with Crippen LogP contribution in [0.15, 0.2) is 42.5 Å². The molecule has 0 saturated carbocycles. The number of benzene rings is 2. The zero-order valence-corrected chi connectivity index (χ0v) is 15.0. The van der Waals surface area contributed by atoms with E-state index in [-0.39, 0.29) is 28.6 Å². The number of aryl methyl sites for hydroxylation is 1. The van der Waals surface area contributed by atoms with Crippen molar-refractivity contribution in [2.75, 3.05) is 5.32 Å². The number of hydrogen-bond donors (Lipinski definition) is 1. The number of rotatable bonds is 2. The van der Waals surface area contributed by atoms with Crippen molar-refractivity contribution in [1.29, 1.82) is 0 Å². The van der Waals surface area contributed by atoms with Crippen LogP contribution < -0.4 is 5.32 Å². The quantitative estimate of drug-likeness (QED) is 0.396. The highest BCUT2D eigenvalue weighted by Gasteiger charge is 2.40. The fourth-order valence-corrected chi connectivity index (χ4v) is 4.47. The molecular weight excluding hydrogens is 359 g/mol. The van der Waals surface area contributed by atoms with Gasteiger partial charge >= 0.3 is 0 Å². The number of nitrogens with one attached hydrogen (secondary N) is 1. The highest BCUT2D eigenvalue weighted by Crippen LogP contribution is 2.53. The third-order valence-electron chi connectivity index (χ3n) is 5.20. The van der Waals surface area contributed by atoms with Gasteiger partial charge in [0.2, 0.25) is 0 Å². The van der Waals surface area contributed by atoms with E-state index in [4.69, 9.17) is 23.2 Å². The van der Waals surface area contributed by atoms with Gasteiger partial charge in [-0.15, -0.1) is 0 Å². The average Bonchev–Trinajstić information content (AvgIpc) is 3.07. The molecule has 0 spiro atoms. The maximum Gasteiger partial charge on any atom is 0.288 e. The van der Waals surface area contributed by atoms with E-state index < -0.39 is 4.92 Å². The van der Waals surface area contributed by atoms with Crippen LogP contribution >= 0.6 is 23.2 Å². The van der Waals surface area contributed by atoms with Crippen LogP contribution in [-0.4, -0.2) is 4.92 Å². The summed E-state index contributed by atoms with van der Waals surface area (Å²) in [7, 11) is 0. The summed E-state index contributed by atoms with van der Waals surface area (Å²) >= 11 is 12.5. The smallest absolute Gasteiger partial charge is 0.288 e. The van der Waals surface area contributed by atoms with E-state index in [1.165, 1.54) is 0 Å². The van der Waals surface area contributed by atoms with Gasteiger partial charge in [0.25, 0.3) is 5.69 Å². The summed E-state index contributed by atoms with van der Waals surface area (Å²) < 4.78 is 0. The Bertz CT molecular complexity index is 911. The second-order valence-corrected chi connectivity index (χ2v) is 7.41. The number of anilines is 1. The van der Waals surface area contributed by atoms with Crippen molar-refractivity contribution in [2.45, 2.75) is 25.3 Å².